The summed E-state index contributed by atoms with van der Waals surface area (Å²) < 4.78 is 5.20. The molecule has 0 bridgehead atoms. The number of hydrogen-bond donors (Lipinski definition) is 1. The lowest BCUT2D eigenvalue weighted by Crippen LogP contribution is -3.15. The van der Waals surface area contributed by atoms with Crippen molar-refractivity contribution in [2.24, 2.45) is 0 Å². The molecule has 0 radical (unpaired) electrons. The number of furan rings is 1. The van der Waals surface area contributed by atoms with Gasteiger partial charge in [-0.25, -0.2) is 0 Å². The number of quaternary nitrogens is 1. The normalized spacial score (nSPS) is 18.2. The van der Waals surface area contributed by atoms with Crippen LogP contribution in [0.5, 0.6) is 0 Å². The molecule has 2 fully saturated rings. The van der Waals surface area contributed by atoms with Crippen LogP contribution in [0.15, 0.2) is 47.1 Å². The number of amides is 2. The monoisotopic (exact) mass is 417 g/mol. The Labute approximate surface area is 175 Å². The van der Waals surface area contributed by atoms with Crippen molar-refractivity contribution < 1.29 is 18.9 Å². The summed E-state index contributed by atoms with van der Waals surface area (Å²) in [6.45, 7) is 6.31. The Morgan fingerprint density at radius 2 is 1.66 bits per heavy atom. The van der Waals surface area contributed by atoms with Crippen LogP contribution in [0, 0.1) is 0 Å². The summed E-state index contributed by atoms with van der Waals surface area (Å²) in [7, 11) is 0. The van der Waals surface area contributed by atoms with Crippen molar-refractivity contribution in [1.82, 2.24) is 9.80 Å². The summed E-state index contributed by atoms with van der Waals surface area (Å²) in [6, 6.07) is 11.2. The second kappa shape index (κ2) is 8.88. The Morgan fingerprint density at radius 1 is 0.931 bits per heavy atom. The molecule has 2 aliphatic heterocycles. The molecule has 0 atom stereocenters. The fourth-order valence-corrected chi connectivity index (χ4v) is 4.24. The zero-order valence-electron chi connectivity index (χ0n) is 16.3. The van der Waals surface area contributed by atoms with E-state index in [1.807, 2.05) is 29.2 Å². The van der Waals surface area contributed by atoms with E-state index in [2.05, 4.69) is 4.90 Å². The SMILES string of the molecule is O=C(C[NH+]1CCN(C(=O)c2ccco2)CC1)N1CCN(c2ccccc2Cl)CC1. The second-order valence-corrected chi connectivity index (χ2v) is 7.92. The van der Waals surface area contributed by atoms with Gasteiger partial charge in [-0.2, -0.15) is 0 Å². The van der Waals surface area contributed by atoms with Crippen LogP contribution in [0.3, 0.4) is 0 Å². The largest absolute Gasteiger partial charge is 0.459 e. The van der Waals surface area contributed by atoms with E-state index in [1.54, 1.807) is 17.0 Å². The summed E-state index contributed by atoms with van der Waals surface area (Å²) in [6.07, 6.45) is 1.51. The van der Waals surface area contributed by atoms with Gasteiger partial charge in [0.2, 0.25) is 0 Å². The lowest BCUT2D eigenvalue weighted by atomic mass is 10.2. The minimum absolute atomic E-state index is 0.0731. The predicted molar refractivity (Wildman–Crippen MR) is 110 cm³/mol. The molecule has 0 spiro atoms. The number of para-hydroxylation sites is 1. The number of carbonyl (C=O) groups excluding carboxylic acids is 2. The molecular weight excluding hydrogens is 392 g/mol. The number of rotatable bonds is 4. The Hall–Kier alpha value is -2.51. The zero-order chi connectivity index (χ0) is 20.2. The number of benzene rings is 1. The first-order chi connectivity index (χ1) is 14.1. The smallest absolute Gasteiger partial charge is 0.289 e. The molecule has 0 unspecified atom stereocenters. The van der Waals surface area contributed by atoms with Crippen LogP contribution in [-0.4, -0.2) is 80.5 Å². The van der Waals surface area contributed by atoms with Gasteiger partial charge in [0, 0.05) is 26.2 Å². The highest BCUT2D eigenvalue weighted by molar-refractivity contribution is 6.33. The molecule has 1 aromatic carbocycles. The minimum Gasteiger partial charge on any atom is -0.459 e. The van der Waals surface area contributed by atoms with E-state index in [9.17, 15) is 9.59 Å². The van der Waals surface area contributed by atoms with Gasteiger partial charge in [0.05, 0.1) is 43.2 Å². The fourth-order valence-electron chi connectivity index (χ4n) is 3.99. The molecule has 29 heavy (non-hydrogen) atoms. The average Bonchev–Trinajstić information content (AvgIpc) is 3.29. The molecule has 4 rings (SSSR count). The van der Waals surface area contributed by atoms with Gasteiger partial charge in [-0.1, -0.05) is 23.7 Å². The number of nitrogens with one attached hydrogen (secondary N) is 1. The molecule has 0 aliphatic carbocycles. The summed E-state index contributed by atoms with van der Waals surface area (Å²) in [4.78, 5) is 32.3. The van der Waals surface area contributed by atoms with Gasteiger partial charge in [0.15, 0.2) is 12.3 Å². The molecule has 2 saturated heterocycles. The highest BCUT2D eigenvalue weighted by Gasteiger charge is 2.29. The zero-order valence-corrected chi connectivity index (χ0v) is 17.1. The van der Waals surface area contributed by atoms with Crippen LogP contribution in [0.4, 0.5) is 5.69 Å². The topological polar surface area (TPSA) is 61.4 Å². The molecule has 0 saturated carbocycles. The minimum atomic E-state index is -0.0731. The highest BCUT2D eigenvalue weighted by Crippen LogP contribution is 2.25. The summed E-state index contributed by atoms with van der Waals surface area (Å²) in [5.74, 6) is 0.488. The summed E-state index contributed by atoms with van der Waals surface area (Å²) >= 11 is 6.29. The lowest BCUT2D eigenvalue weighted by Gasteiger charge is -2.37. The first-order valence-electron chi connectivity index (χ1n) is 10.1. The number of nitrogens with zero attached hydrogens (tertiary/aromatic N) is 3. The average molecular weight is 418 g/mol. The third kappa shape index (κ3) is 4.57. The molecule has 7 nitrogen and oxygen atoms in total. The van der Waals surface area contributed by atoms with Crippen molar-refractivity contribution in [3.05, 3.63) is 53.4 Å². The van der Waals surface area contributed by atoms with Gasteiger partial charge < -0.3 is 24.0 Å². The quantitative estimate of drug-likeness (QED) is 0.792. The summed E-state index contributed by atoms with van der Waals surface area (Å²) in [5, 5.41) is 0.749. The Kier molecular flexibility index (Phi) is 6.06. The molecule has 2 aromatic rings. The molecule has 1 aromatic heterocycles. The standard InChI is InChI=1S/C21H25ClN4O3/c22-17-4-1-2-5-18(17)24-11-13-25(14-12-24)20(27)16-23-7-9-26(10-8-23)21(28)19-6-3-15-29-19/h1-6,15H,7-14,16H2/p+1. The Balaban J connectivity index is 1.23. The number of anilines is 1. The third-order valence-electron chi connectivity index (χ3n) is 5.72. The van der Waals surface area contributed by atoms with Gasteiger partial charge in [0.1, 0.15) is 0 Å². The van der Waals surface area contributed by atoms with E-state index < -0.39 is 0 Å². The van der Waals surface area contributed by atoms with Crippen molar-refractivity contribution in [1.29, 1.82) is 0 Å². The van der Waals surface area contributed by atoms with E-state index in [0.717, 1.165) is 36.9 Å². The number of piperazine rings is 2. The third-order valence-corrected chi connectivity index (χ3v) is 6.04. The highest BCUT2D eigenvalue weighted by atomic mass is 35.5. The molecular formula is C21H26ClN4O3+. The van der Waals surface area contributed by atoms with Gasteiger partial charge in [-0.05, 0) is 24.3 Å². The number of hydrogen-bond acceptors (Lipinski definition) is 4. The van der Waals surface area contributed by atoms with Crippen molar-refractivity contribution in [2.45, 2.75) is 0 Å². The van der Waals surface area contributed by atoms with Crippen LogP contribution in [0.2, 0.25) is 5.02 Å². The van der Waals surface area contributed by atoms with Crippen LogP contribution >= 0.6 is 11.6 Å². The van der Waals surface area contributed by atoms with Gasteiger partial charge in [-0.3, -0.25) is 9.59 Å². The number of halogens is 1. The Bertz CT molecular complexity index is 841. The van der Waals surface area contributed by atoms with Crippen LogP contribution < -0.4 is 9.80 Å². The molecule has 1 N–H and O–H groups in total. The molecule has 2 amide bonds. The van der Waals surface area contributed by atoms with Crippen molar-refractivity contribution >= 4 is 29.1 Å². The van der Waals surface area contributed by atoms with E-state index in [-0.39, 0.29) is 11.8 Å². The van der Waals surface area contributed by atoms with Crippen LogP contribution in [0.25, 0.3) is 0 Å². The maximum Gasteiger partial charge on any atom is 0.289 e. The van der Waals surface area contributed by atoms with Crippen molar-refractivity contribution in [2.75, 3.05) is 63.8 Å². The summed E-state index contributed by atoms with van der Waals surface area (Å²) in [5.41, 5.74) is 1.03. The molecule has 8 heteroatoms. The fraction of sp³-hybridized carbons (Fsp3) is 0.429. The van der Waals surface area contributed by atoms with Gasteiger partial charge in [0.25, 0.3) is 11.8 Å². The maximum atomic E-state index is 12.7. The van der Waals surface area contributed by atoms with Crippen LogP contribution in [-0.2, 0) is 4.79 Å². The van der Waals surface area contributed by atoms with Crippen molar-refractivity contribution in [3.63, 3.8) is 0 Å². The Morgan fingerprint density at radius 3 is 2.31 bits per heavy atom. The molecule has 3 heterocycles. The molecule has 2 aliphatic rings. The predicted octanol–water partition coefficient (Wildman–Crippen LogP) is 0.623. The van der Waals surface area contributed by atoms with E-state index in [1.165, 1.54) is 11.2 Å². The number of carbonyl (C=O) groups is 2. The van der Waals surface area contributed by atoms with Gasteiger partial charge in [-0.15, -0.1) is 0 Å². The lowest BCUT2D eigenvalue weighted by molar-refractivity contribution is -0.896. The first kappa shape index (κ1) is 19.8. The van der Waals surface area contributed by atoms with Gasteiger partial charge >= 0.3 is 0 Å². The van der Waals surface area contributed by atoms with Crippen LogP contribution in [0.1, 0.15) is 10.6 Å². The van der Waals surface area contributed by atoms with E-state index in [4.69, 9.17) is 16.0 Å². The van der Waals surface area contributed by atoms with E-state index >= 15 is 0 Å². The molecule has 154 valence electrons. The maximum absolute atomic E-state index is 12.7. The van der Waals surface area contributed by atoms with E-state index in [0.29, 0.717) is 38.5 Å². The first-order valence-corrected chi connectivity index (χ1v) is 10.4. The second-order valence-electron chi connectivity index (χ2n) is 7.52. The van der Waals surface area contributed by atoms with Crippen molar-refractivity contribution in [3.8, 4) is 0 Å².